The van der Waals surface area contributed by atoms with Gasteiger partial charge >= 0.3 is 0 Å². The van der Waals surface area contributed by atoms with Gasteiger partial charge in [-0.15, -0.1) is 0 Å². The quantitative estimate of drug-likeness (QED) is 0.648. The van der Waals surface area contributed by atoms with Gasteiger partial charge in [0.05, 0.1) is 6.54 Å². The summed E-state index contributed by atoms with van der Waals surface area (Å²) in [5, 5.41) is 9.31. The normalized spacial score (nSPS) is 10.3. The van der Waals surface area contributed by atoms with Crippen LogP contribution < -0.4 is 10.6 Å². The summed E-state index contributed by atoms with van der Waals surface area (Å²) in [6, 6.07) is 0. The SMILES string of the molecule is CNCCCC(=O)NCc1nc(C)no1. The molecule has 1 rings (SSSR count). The van der Waals surface area contributed by atoms with Crippen molar-refractivity contribution in [2.24, 2.45) is 0 Å². The molecule has 84 valence electrons. The Morgan fingerprint density at radius 2 is 2.33 bits per heavy atom. The Hall–Kier alpha value is -1.43. The Bertz CT molecular complexity index is 311. The van der Waals surface area contributed by atoms with E-state index in [1.54, 1.807) is 6.92 Å². The summed E-state index contributed by atoms with van der Waals surface area (Å²) in [5.74, 6) is 1.02. The van der Waals surface area contributed by atoms with Crippen molar-refractivity contribution in [3.05, 3.63) is 11.7 Å². The number of hydrogen-bond acceptors (Lipinski definition) is 5. The fourth-order valence-corrected chi connectivity index (χ4v) is 1.10. The summed E-state index contributed by atoms with van der Waals surface area (Å²) >= 11 is 0. The first kappa shape index (κ1) is 11.6. The molecule has 0 aliphatic rings. The van der Waals surface area contributed by atoms with Crippen molar-refractivity contribution in [1.29, 1.82) is 0 Å². The largest absolute Gasteiger partial charge is 0.347 e. The average molecular weight is 212 g/mol. The van der Waals surface area contributed by atoms with E-state index in [2.05, 4.69) is 20.8 Å². The zero-order chi connectivity index (χ0) is 11.1. The van der Waals surface area contributed by atoms with Crippen LogP contribution in [-0.4, -0.2) is 29.6 Å². The minimum Gasteiger partial charge on any atom is -0.347 e. The van der Waals surface area contributed by atoms with Gasteiger partial charge in [-0.2, -0.15) is 4.98 Å². The number of aromatic nitrogens is 2. The van der Waals surface area contributed by atoms with E-state index in [9.17, 15) is 4.79 Å². The van der Waals surface area contributed by atoms with Crippen LogP contribution in [0.5, 0.6) is 0 Å². The lowest BCUT2D eigenvalue weighted by molar-refractivity contribution is -0.121. The minimum atomic E-state index is 0.00102. The highest BCUT2D eigenvalue weighted by molar-refractivity contribution is 5.75. The maximum Gasteiger partial charge on any atom is 0.246 e. The van der Waals surface area contributed by atoms with Crippen LogP contribution in [0.3, 0.4) is 0 Å². The second-order valence-electron chi connectivity index (χ2n) is 3.22. The van der Waals surface area contributed by atoms with E-state index >= 15 is 0 Å². The maximum absolute atomic E-state index is 11.3. The zero-order valence-corrected chi connectivity index (χ0v) is 9.04. The Morgan fingerprint density at radius 1 is 1.53 bits per heavy atom. The Kier molecular flexibility index (Phi) is 4.76. The third kappa shape index (κ3) is 4.55. The highest BCUT2D eigenvalue weighted by Crippen LogP contribution is 1.95. The second-order valence-corrected chi connectivity index (χ2v) is 3.22. The van der Waals surface area contributed by atoms with Gasteiger partial charge < -0.3 is 15.2 Å². The molecule has 1 aromatic heterocycles. The molecule has 1 amide bonds. The van der Waals surface area contributed by atoms with Gasteiger partial charge in [-0.3, -0.25) is 4.79 Å². The number of rotatable bonds is 6. The molecule has 15 heavy (non-hydrogen) atoms. The maximum atomic E-state index is 11.3. The molecule has 6 nitrogen and oxygen atoms in total. The van der Waals surface area contributed by atoms with Gasteiger partial charge in [0.15, 0.2) is 5.82 Å². The molecule has 0 aliphatic heterocycles. The number of carbonyl (C=O) groups is 1. The van der Waals surface area contributed by atoms with Gasteiger partial charge in [0.2, 0.25) is 11.8 Å². The summed E-state index contributed by atoms with van der Waals surface area (Å²) in [4.78, 5) is 15.2. The molecule has 0 spiro atoms. The van der Waals surface area contributed by atoms with Gasteiger partial charge in [-0.25, -0.2) is 0 Å². The topological polar surface area (TPSA) is 80.0 Å². The molecule has 0 unspecified atom stereocenters. The molecule has 0 saturated carbocycles. The fraction of sp³-hybridized carbons (Fsp3) is 0.667. The molecule has 2 N–H and O–H groups in total. The molecule has 0 aliphatic carbocycles. The van der Waals surface area contributed by atoms with E-state index in [4.69, 9.17) is 4.52 Å². The van der Waals surface area contributed by atoms with E-state index in [1.807, 2.05) is 7.05 Å². The number of amides is 1. The predicted molar refractivity (Wildman–Crippen MR) is 54.0 cm³/mol. The van der Waals surface area contributed by atoms with Crippen molar-refractivity contribution in [2.45, 2.75) is 26.3 Å². The molecule has 1 aromatic rings. The highest BCUT2D eigenvalue weighted by Gasteiger charge is 2.05. The van der Waals surface area contributed by atoms with Crippen LogP contribution in [0.25, 0.3) is 0 Å². The van der Waals surface area contributed by atoms with Crippen molar-refractivity contribution in [3.8, 4) is 0 Å². The van der Waals surface area contributed by atoms with E-state index in [0.29, 0.717) is 24.7 Å². The van der Waals surface area contributed by atoms with Gasteiger partial charge in [-0.05, 0) is 26.9 Å². The minimum absolute atomic E-state index is 0.00102. The first-order valence-corrected chi connectivity index (χ1v) is 4.93. The lowest BCUT2D eigenvalue weighted by Crippen LogP contribution is -2.23. The number of hydrogen-bond donors (Lipinski definition) is 2. The summed E-state index contributed by atoms with van der Waals surface area (Å²) < 4.78 is 4.85. The Labute approximate surface area is 88.4 Å². The molecule has 0 aromatic carbocycles. The van der Waals surface area contributed by atoms with E-state index < -0.39 is 0 Å². The zero-order valence-electron chi connectivity index (χ0n) is 9.04. The number of nitrogens with zero attached hydrogens (tertiary/aromatic N) is 2. The monoisotopic (exact) mass is 212 g/mol. The molecule has 0 atom stereocenters. The first-order valence-electron chi connectivity index (χ1n) is 4.93. The summed E-state index contributed by atoms with van der Waals surface area (Å²) in [7, 11) is 1.86. The Morgan fingerprint density at radius 3 is 2.93 bits per heavy atom. The van der Waals surface area contributed by atoms with Crippen molar-refractivity contribution in [1.82, 2.24) is 20.8 Å². The fourth-order valence-electron chi connectivity index (χ4n) is 1.10. The molecule has 0 bridgehead atoms. The molecule has 6 heteroatoms. The van der Waals surface area contributed by atoms with E-state index in [0.717, 1.165) is 13.0 Å². The van der Waals surface area contributed by atoms with Gasteiger partial charge in [0.1, 0.15) is 0 Å². The number of aryl methyl sites for hydroxylation is 1. The van der Waals surface area contributed by atoms with Crippen LogP contribution in [0.1, 0.15) is 24.6 Å². The summed E-state index contributed by atoms with van der Waals surface area (Å²) in [5.41, 5.74) is 0. The van der Waals surface area contributed by atoms with E-state index in [1.165, 1.54) is 0 Å². The van der Waals surface area contributed by atoms with Crippen LogP contribution in [0, 0.1) is 6.92 Å². The smallest absolute Gasteiger partial charge is 0.246 e. The number of nitrogens with one attached hydrogen (secondary N) is 2. The first-order chi connectivity index (χ1) is 7.22. The highest BCUT2D eigenvalue weighted by atomic mass is 16.5. The van der Waals surface area contributed by atoms with Crippen LogP contribution in [-0.2, 0) is 11.3 Å². The van der Waals surface area contributed by atoms with Crippen LogP contribution in [0.4, 0.5) is 0 Å². The van der Waals surface area contributed by atoms with Gasteiger partial charge in [0, 0.05) is 6.42 Å². The van der Waals surface area contributed by atoms with Crippen LogP contribution >= 0.6 is 0 Å². The predicted octanol–water partition coefficient (Wildman–Crippen LogP) is -0.00618. The van der Waals surface area contributed by atoms with Crippen molar-refractivity contribution in [3.63, 3.8) is 0 Å². The molecule has 0 fully saturated rings. The van der Waals surface area contributed by atoms with Gasteiger partial charge in [0.25, 0.3) is 0 Å². The number of carbonyl (C=O) groups excluding carboxylic acids is 1. The lowest BCUT2D eigenvalue weighted by atomic mass is 10.3. The van der Waals surface area contributed by atoms with Crippen molar-refractivity contribution < 1.29 is 9.32 Å². The van der Waals surface area contributed by atoms with E-state index in [-0.39, 0.29) is 5.91 Å². The molecule has 0 saturated heterocycles. The second kappa shape index (κ2) is 6.13. The van der Waals surface area contributed by atoms with Crippen LogP contribution in [0.2, 0.25) is 0 Å². The molecule has 1 heterocycles. The summed E-state index contributed by atoms with van der Waals surface area (Å²) in [6.07, 6.45) is 1.33. The lowest BCUT2D eigenvalue weighted by Gasteiger charge is -2.01. The molecular formula is C9H16N4O2. The van der Waals surface area contributed by atoms with Gasteiger partial charge in [-0.1, -0.05) is 5.16 Å². The molecular weight excluding hydrogens is 196 g/mol. The van der Waals surface area contributed by atoms with Crippen molar-refractivity contribution in [2.75, 3.05) is 13.6 Å². The van der Waals surface area contributed by atoms with Crippen LogP contribution in [0.15, 0.2) is 4.52 Å². The van der Waals surface area contributed by atoms with Crippen molar-refractivity contribution >= 4 is 5.91 Å². The average Bonchev–Trinajstić information content (AvgIpc) is 2.62. The third-order valence-corrected chi connectivity index (χ3v) is 1.84. The standard InChI is InChI=1S/C9H16N4O2/c1-7-12-9(15-13-7)6-11-8(14)4-3-5-10-2/h10H,3-6H2,1-2H3,(H,11,14). The Balaban J connectivity index is 2.16. The summed E-state index contributed by atoms with van der Waals surface area (Å²) in [6.45, 7) is 2.88. The molecule has 0 radical (unpaired) electrons. The third-order valence-electron chi connectivity index (χ3n) is 1.84.